The molecule has 0 saturated carbocycles. The lowest BCUT2D eigenvalue weighted by molar-refractivity contribution is -0.145. The van der Waals surface area contributed by atoms with Crippen molar-refractivity contribution in [2.75, 3.05) is 25.6 Å². The zero-order valence-corrected chi connectivity index (χ0v) is 16.9. The zero-order valence-electron chi connectivity index (χ0n) is 16.0. The van der Waals surface area contributed by atoms with E-state index < -0.39 is 11.9 Å². The molecule has 2 heterocycles. The van der Waals surface area contributed by atoms with Crippen LogP contribution in [0.5, 0.6) is 11.5 Å². The third kappa shape index (κ3) is 4.51. The molecule has 30 heavy (non-hydrogen) atoms. The van der Waals surface area contributed by atoms with E-state index in [1.165, 1.54) is 16.7 Å². The number of fused-ring (bicyclic) bond motifs is 1. The van der Waals surface area contributed by atoms with Crippen molar-refractivity contribution in [3.63, 3.8) is 0 Å². The predicted molar refractivity (Wildman–Crippen MR) is 109 cm³/mol. The van der Waals surface area contributed by atoms with Gasteiger partial charge in [0, 0.05) is 5.56 Å². The minimum Gasteiger partial charge on any atom is -0.460 e. The Hall–Kier alpha value is -3.20. The highest BCUT2D eigenvalue weighted by Crippen LogP contribution is 2.46. The number of rotatable bonds is 7. The van der Waals surface area contributed by atoms with E-state index >= 15 is 0 Å². The monoisotopic (exact) mass is 428 g/mol. The molecule has 2 aliphatic rings. The lowest BCUT2D eigenvalue weighted by Gasteiger charge is -2.24. The summed E-state index contributed by atoms with van der Waals surface area (Å²) in [7, 11) is 0. The van der Waals surface area contributed by atoms with Crippen LogP contribution in [0.3, 0.4) is 0 Å². The maximum atomic E-state index is 12.4. The van der Waals surface area contributed by atoms with Crippen LogP contribution >= 0.6 is 11.8 Å². The van der Waals surface area contributed by atoms with Crippen molar-refractivity contribution in [3.8, 4) is 11.5 Å². The number of amides is 2. The van der Waals surface area contributed by atoms with Crippen molar-refractivity contribution in [2.45, 2.75) is 12.0 Å². The molecule has 4 rings (SSSR count). The molecule has 0 bridgehead atoms. The number of carbonyl (C=O) groups is 3. The first-order valence-corrected chi connectivity index (χ1v) is 10.4. The highest BCUT2D eigenvalue weighted by molar-refractivity contribution is 8.00. The fraction of sp³-hybridized carbons (Fsp3) is 0.286. The van der Waals surface area contributed by atoms with Gasteiger partial charge in [-0.15, -0.1) is 11.8 Å². The highest BCUT2D eigenvalue weighted by Gasteiger charge is 2.37. The molecule has 2 amide bonds. The summed E-state index contributed by atoms with van der Waals surface area (Å²) in [5.41, 5.74) is 1.65. The fourth-order valence-electron chi connectivity index (χ4n) is 3.20. The molecule has 2 aromatic rings. The normalized spacial score (nSPS) is 17.1. The van der Waals surface area contributed by atoms with Crippen molar-refractivity contribution in [1.82, 2.24) is 10.2 Å². The summed E-state index contributed by atoms with van der Waals surface area (Å²) in [6, 6.07) is 14.8. The number of hydrogen-bond donors (Lipinski definition) is 1. The quantitative estimate of drug-likeness (QED) is 0.673. The van der Waals surface area contributed by atoms with Crippen LogP contribution in [0.4, 0.5) is 0 Å². The number of nitrogens with one attached hydrogen (secondary N) is 1. The Morgan fingerprint density at radius 2 is 1.97 bits per heavy atom. The van der Waals surface area contributed by atoms with Crippen LogP contribution in [0.1, 0.15) is 16.5 Å². The van der Waals surface area contributed by atoms with E-state index in [0.717, 1.165) is 11.1 Å². The summed E-state index contributed by atoms with van der Waals surface area (Å²) in [6.07, 6.45) is 0. The minimum absolute atomic E-state index is 0.128. The van der Waals surface area contributed by atoms with E-state index in [0.29, 0.717) is 11.5 Å². The Kier molecular flexibility index (Phi) is 6.08. The lowest BCUT2D eigenvalue weighted by Crippen LogP contribution is -2.41. The molecular weight excluding hydrogens is 408 g/mol. The number of ether oxygens (including phenoxy) is 3. The Morgan fingerprint density at radius 1 is 1.13 bits per heavy atom. The van der Waals surface area contributed by atoms with Gasteiger partial charge in [0.25, 0.3) is 0 Å². The third-order valence-corrected chi connectivity index (χ3v) is 5.89. The first kappa shape index (κ1) is 20.1. The summed E-state index contributed by atoms with van der Waals surface area (Å²) < 4.78 is 16.1. The summed E-state index contributed by atoms with van der Waals surface area (Å²) in [5, 5.41) is 2.16. The maximum Gasteiger partial charge on any atom is 0.325 e. The Labute approximate surface area is 177 Å². The SMILES string of the molecule is O=C(CN1C(=O)CSC1c1cccc2c1OCO2)NCC(=O)OCc1ccccc1. The number of nitrogens with zero attached hydrogens (tertiary/aromatic N) is 1. The van der Waals surface area contributed by atoms with Gasteiger partial charge in [0.15, 0.2) is 11.5 Å². The maximum absolute atomic E-state index is 12.4. The highest BCUT2D eigenvalue weighted by atomic mass is 32.2. The Morgan fingerprint density at radius 3 is 2.80 bits per heavy atom. The largest absolute Gasteiger partial charge is 0.460 e. The van der Waals surface area contributed by atoms with Gasteiger partial charge in [0.05, 0.1) is 5.75 Å². The third-order valence-electron chi connectivity index (χ3n) is 4.65. The Balaban J connectivity index is 1.31. The molecule has 1 saturated heterocycles. The molecule has 1 fully saturated rings. The van der Waals surface area contributed by atoms with Crippen molar-refractivity contribution in [3.05, 3.63) is 59.7 Å². The van der Waals surface area contributed by atoms with Crippen LogP contribution in [0, 0.1) is 0 Å². The van der Waals surface area contributed by atoms with E-state index in [4.69, 9.17) is 14.2 Å². The van der Waals surface area contributed by atoms with Crippen LogP contribution in [0.2, 0.25) is 0 Å². The van der Waals surface area contributed by atoms with Crippen LogP contribution in [-0.4, -0.2) is 48.3 Å². The summed E-state index contributed by atoms with van der Waals surface area (Å²) in [6.45, 7) is -0.153. The topological polar surface area (TPSA) is 94.2 Å². The zero-order chi connectivity index (χ0) is 20.9. The minimum atomic E-state index is -0.544. The van der Waals surface area contributed by atoms with E-state index in [1.54, 1.807) is 6.07 Å². The second-order valence-corrected chi connectivity index (χ2v) is 7.76. The summed E-state index contributed by atoms with van der Waals surface area (Å²) in [5.74, 6) is 0.359. The average Bonchev–Trinajstić information content (AvgIpc) is 3.38. The number of hydrogen-bond acceptors (Lipinski definition) is 7. The van der Waals surface area contributed by atoms with Crippen molar-refractivity contribution in [1.29, 1.82) is 0 Å². The van der Waals surface area contributed by atoms with Crippen LogP contribution in [-0.2, 0) is 25.7 Å². The second-order valence-electron chi connectivity index (χ2n) is 6.69. The van der Waals surface area contributed by atoms with E-state index in [1.807, 2.05) is 42.5 Å². The molecule has 0 aromatic heterocycles. The van der Waals surface area contributed by atoms with Crippen LogP contribution in [0.15, 0.2) is 48.5 Å². The first-order valence-electron chi connectivity index (χ1n) is 9.37. The smallest absolute Gasteiger partial charge is 0.325 e. The van der Waals surface area contributed by atoms with Gasteiger partial charge in [-0.3, -0.25) is 14.4 Å². The molecule has 1 N–H and O–H groups in total. The number of esters is 1. The molecule has 1 unspecified atom stereocenters. The number of thioether (sulfide) groups is 1. The van der Waals surface area contributed by atoms with Crippen LogP contribution < -0.4 is 14.8 Å². The number of para-hydroxylation sites is 1. The molecule has 2 aromatic carbocycles. The van der Waals surface area contributed by atoms with Gasteiger partial charge in [-0.05, 0) is 11.6 Å². The van der Waals surface area contributed by atoms with E-state index in [-0.39, 0.29) is 43.5 Å². The predicted octanol–water partition coefficient (Wildman–Crippen LogP) is 1.85. The molecular formula is C21H20N2O6S. The standard InChI is InChI=1S/C21H20N2O6S/c24-17(22-9-19(26)27-11-14-5-2-1-3-6-14)10-23-18(25)12-30-21(23)15-7-4-8-16-20(15)29-13-28-16/h1-8,21H,9-13H2,(H,22,24). The molecule has 8 nitrogen and oxygen atoms in total. The van der Waals surface area contributed by atoms with Gasteiger partial charge in [0.1, 0.15) is 25.1 Å². The second kappa shape index (κ2) is 9.08. The molecule has 0 radical (unpaired) electrons. The molecule has 156 valence electrons. The van der Waals surface area contributed by atoms with E-state index in [9.17, 15) is 14.4 Å². The van der Waals surface area contributed by atoms with Gasteiger partial charge in [-0.1, -0.05) is 42.5 Å². The first-order chi connectivity index (χ1) is 14.6. The lowest BCUT2D eigenvalue weighted by atomic mass is 10.1. The van der Waals surface area contributed by atoms with Gasteiger partial charge in [0.2, 0.25) is 18.6 Å². The fourth-order valence-corrected chi connectivity index (χ4v) is 4.40. The van der Waals surface area contributed by atoms with E-state index in [2.05, 4.69) is 5.32 Å². The van der Waals surface area contributed by atoms with Crippen molar-refractivity contribution in [2.24, 2.45) is 0 Å². The van der Waals surface area contributed by atoms with Crippen molar-refractivity contribution < 1.29 is 28.6 Å². The summed E-state index contributed by atoms with van der Waals surface area (Å²) in [4.78, 5) is 38.1. The van der Waals surface area contributed by atoms with Gasteiger partial charge in [-0.2, -0.15) is 0 Å². The van der Waals surface area contributed by atoms with Gasteiger partial charge in [-0.25, -0.2) is 0 Å². The Bertz CT molecular complexity index is 952. The van der Waals surface area contributed by atoms with Crippen molar-refractivity contribution >= 4 is 29.5 Å². The molecule has 9 heteroatoms. The molecule has 0 aliphatic carbocycles. The average molecular weight is 428 g/mol. The number of carbonyl (C=O) groups excluding carboxylic acids is 3. The van der Waals surface area contributed by atoms with Crippen LogP contribution in [0.25, 0.3) is 0 Å². The molecule has 2 aliphatic heterocycles. The van der Waals surface area contributed by atoms with Gasteiger partial charge >= 0.3 is 5.97 Å². The van der Waals surface area contributed by atoms with Gasteiger partial charge < -0.3 is 24.4 Å². The summed E-state index contributed by atoms with van der Waals surface area (Å²) >= 11 is 1.42. The number of benzene rings is 2. The molecule has 0 spiro atoms. The molecule has 1 atom stereocenters.